The molecular formula is C36H33N5O6S. The van der Waals surface area contributed by atoms with Gasteiger partial charge in [0.15, 0.2) is 0 Å². The monoisotopic (exact) mass is 663 g/mol. The fourth-order valence-corrected chi connectivity index (χ4v) is 5.59. The van der Waals surface area contributed by atoms with Crippen LogP contribution in [0.1, 0.15) is 29.3 Å². The van der Waals surface area contributed by atoms with E-state index in [1.807, 2.05) is 12.1 Å². The number of thioether (sulfide) groups is 1. The number of para-hydroxylation sites is 1. The number of carbonyl (C=O) groups is 4. The van der Waals surface area contributed by atoms with Crippen molar-refractivity contribution in [3.63, 3.8) is 0 Å². The second-order valence-electron chi connectivity index (χ2n) is 10.5. The quantitative estimate of drug-likeness (QED) is 0.143. The lowest BCUT2D eigenvalue weighted by molar-refractivity contribution is -0.119. The highest BCUT2D eigenvalue weighted by Crippen LogP contribution is 2.28. The van der Waals surface area contributed by atoms with Gasteiger partial charge in [-0.1, -0.05) is 42.5 Å². The number of rotatable bonds is 11. The Morgan fingerprint density at radius 2 is 1.60 bits per heavy atom. The summed E-state index contributed by atoms with van der Waals surface area (Å²) >= 11 is 1.27. The van der Waals surface area contributed by atoms with Crippen LogP contribution in [0.2, 0.25) is 0 Å². The van der Waals surface area contributed by atoms with Crippen LogP contribution in [-0.2, 0) is 14.4 Å². The zero-order valence-electron chi connectivity index (χ0n) is 26.4. The zero-order chi connectivity index (χ0) is 34.0. The number of benzene rings is 4. The fraction of sp³-hybridized carbons (Fsp3) is 0.139. The molecule has 244 valence electrons. The molecule has 5 rings (SSSR count). The Labute approximate surface area is 282 Å². The van der Waals surface area contributed by atoms with Gasteiger partial charge in [-0.3, -0.25) is 19.2 Å². The van der Waals surface area contributed by atoms with E-state index in [0.29, 0.717) is 38.9 Å². The van der Waals surface area contributed by atoms with Crippen molar-refractivity contribution in [1.29, 1.82) is 0 Å². The predicted molar refractivity (Wildman–Crippen MR) is 186 cm³/mol. The molecule has 1 aliphatic rings. The number of amidine groups is 1. The first-order valence-electron chi connectivity index (χ1n) is 14.9. The molecule has 0 fully saturated rings. The number of carbonyl (C=O) groups excluding carboxylic acids is 4. The third kappa shape index (κ3) is 8.47. The van der Waals surface area contributed by atoms with Gasteiger partial charge in [0, 0.05) is 21.7 Å². The number of hydrazone groups is 1. The summed E-state index contributed by atoms with van der Waals surface area (Å²) in [5, 5.41) is 13.3. The number of methoxy groups -OCH3 is 2. The van der Waals surface area contributed by atoms with E-state index >= 15 is 0 Å². The second kappa shape index (κ2) is 15.6. The van der Waals surface area contributed by atoms with Gasteiger partial charge in [0.1, 0.15) is 23.0 Å². The van der Waals surface area contributed by atoms with E-state index < -0.39 is 17.1 Å². The average molecular weight is 664 g/mol. The maximum absolute atomic E-state index is 13.6. The Morgan fingerprint density at radius 1 is 0.875 bits per heavy atom. The molecule has 1 atom stereocenters. The summed E-state index contributed by atoms with van der Waals surface area (Å²) in [6.07, 6.45) is 1.50. The van der Waals surface area contributed by atoms with Crippen molar-refractivity contribution in [2.75, 3.05) is 24.5 Å². The van der Waals surface area contributed by atoms with Crippen molar-refractivity contribution in [2.24, 2.45) is 5.10 Å². The Kier molecular flexibility index (Phi) is 10.9. The van der Waals surface area contributed by atoms with Crippen molar-refractivity contribution in [3.8, 4) is 11.5 Å². The number of nitrogens with one attached hydrogen (secondary N) is 3. The van der Waals surface area contributed by atoms with E-state index in [-0.39, 0.29) is 29.8 Å². The molecule has 4 aromatic rings. The molecule has 1 heterocycles. The summed E-state index contributed by atoms with van der Waals surface area (Å²) in [7, 11) is 3.03. The van der Waals surface area contributed by atoms with Crippen LogP contribution < -0.4 is 30.4 Å². The molecule has 3 N–H and O–H groups in total. The van der Waals surface area contributed by atoms with Gasteiger partial charge in [0.25, 0.3) is 17.7 Å². The van der Waals surface area contributed by atoms with E-state index in [1.54, 1.807) is 97.9 Å². The van der Waals surface area contributed by atoms with Crippen LogP contribution in [0.4, 0.5) is 11.4 Å². The maximum atomic E-state index is 13.6. The molecule has 11 nitrogen and oxygen atoms in total. The first-order valence-corrected chi connectivity index (χ1v) is 15.8. The topological polar surface area (TPSA) is 138 Å². The Morgan fingerprint density at radius 3 is 2.31 bits per heavy atom. The lowest BCUT2D eigenvalue weighted by Crippen LogP contribution is -2.35. The highest BCUT2D eigenvalue weighted by molar-refractivity contribution is 8.00. The van der Waals surface area contributed by atoms with Gasteiger partial charge in [-0.05, 0) is 73.7 Å². The number of amides is 4. The minimum Gasteiger partial charge on any atom is -0.497 e. The fourth-order valence-electron chi connectivity index (χ4n) is 4.67. The molecule has 0 spiro atoms. The SMILES string of the molecule is COc1ccc(OC)c(/C=C(/NC(=O)c2ccccc2)C(=O)Nc2cccc(SC(C)C(=O)NC3=NN(c4ccccc4)C(=O)C3)c2)c1. The first-order chi connectivity index (χ1) is 23.2. The largest absolute Gasteiger partial charge is 0.497 e. The van der Waals surface area contributed by atoms with Gasteiger partial charge < -0.3 is 25.4 Å². The Hall–Kier alpha value is -5.88. The summed E-state index contributed by atoms with van der Waals surface area (Å²) in [6.45, 7) is 1.74. The highest BCUT2D eigenvalue weighted by atomic mass is 32.2. The standard InChI is InChI=1S/C36H33N5O6S/c1-23(34(43)39-32-22-33(42)41(40-32)27-14-8-5-9-15-27)48-29-16-10-13-26(21-29)37-36(45)30(38-35(44)24-11-6-4-7-12-24)20-25-19-28(46-2)17-18-31(25)47-3/h4-21,23H,22H2,1-3H3,(H,37,45)(H,38,44)(H,39,40,43)/b30-20+. The van der Waals surface area contributed by atoms with E-state index in [0.717, 1.165) is 0 Å². The Bertz CT molecular complexity index is 1880. The first kappa shape index (κ1) is 33.5. The summed E-state index contributed by atoms with van der Waals surface area (Å²) in [5.74, 6) is -0.324. The number of hydrogen-bond acceptors (Lipinski definition) is 8. The summed E-state index contributed by atoms with van der Waals surface area (Å²) in [5.41, 5.74) is 1.92. The molecule has 4 aromatic carbocycles. The molecule has 0 bridgehead atoms. The lowest BCUT2D eigenvalue weighted by Gasteiger charge is -2.14. The summed E-state index contributed by atoms with van der Waals surface area (Å²) < 4.78 is 10.8. The van der Waals surface area contributed by atoms with Gasteiger partial charge in [-0.2, -0.15) is 10.1 Å². The van der Waals surface area contributed by atoms with Crippen LogP contribution in [0.3, 0.4) is 0 Å². The van der Waals surface area contributed by atoms with Crippen molar-refractivity contribution < 1.29 is 28.7 Å². The predicted octanol–water partition coefficient (Wildman–Crippen LogP) is 5.46. The molecule has 0 aliphatic carbocycles. The van der Waals surface area contributed by atoms with Gasteiger partial charge in [-0.15, -0.1) is 11.8 Å². The molecule has 0 saturated carbocycles. The molecule has 0 radical (unpaired) electrons. The van der Waals surface area contributed by atoms with Crippen LogP contribution in [0, 0.1) is 0 Å². The third-order valence-electron chi connectivity index (χ3n) is 7.08. The smallest absolute Gasteiger partial charge is 0.272 e. The van der Waals surface area contributed by atoms with Crippen molar-refractivity contribution in [3.05, 3.63) is 120 Å². The zero-order valence-corrected chi connectivity index (χ0v) is 27.2. The van der Waals surface area contributed by atoms with E-state index in [9.17, 15) is 19.2 Å². The van der Waals surface area contributed by atoms with E-state index in [2.05, 4.69) is 21.1 Å². The molecule has 48 heavy (non-hydrogen) atoms. The van der Waals surface area contributed by atoms with Crippen molar-refractivity contribution in [1.82, 2.24) is 10.6 Å². The highest BCUT2D eigenvalue weighted by Gasteiger charge is 2.27. The second-order valence-corrected chi connectivity index (χ2v) is 11.9. The van der Waals surface area contributed by atoms with Crippen molar-refractivity contribution in [2.45, 2.75) is 23.5 Å². The molecule has 1 aliphatic heterocycles. The van der Waals surface area contributed by atoms with E-state index in [4.69, 9.17) is 9.47 Å². The number of anilines is 2. The van der Waals surface area contributed by atoms with Crippen LogP contribution in [0.15, 0.2) is 119 Å². The lowest BCUT2D eigenvalue weighted by atomic mass is 10.1. The van der Waals surface area contributed by atoms with Gasteiger partial charge in [0.05, 0.1) is 31.6 Å². The van der Waals surface area contributed by atoms with Crippen LogP contribution in [-0.4, -0.2) is 48.9 Å². The van der Waals surface area contributed by atoms with Crippen LogP contribution in [0.5, 0.6) is 11.5 Å². The minimum atomic E-state index is -0.580. The average Bonchev–Trinajstić information content (AvgIpc) is 3.47. The summed E-state index contributed by atoms with van der Waals surface area (Å²) in [4.78, 5) is 52.9. The molecule has 0 aromatic heterocycles. The third-order valence-corrected chi connectivity index (χ3v) is 8.18. The Balaban J connectivity index is 1.29. The van der Waals surface area contributed by atoms with Gasteiger partial charge >= 0.3 is 0 Å². The van der Waals surface area contributed by atoms with Gasteiger partial charge in [-0.25, -0.2) is 0 Å². The molecule has 0 saturated heterocycles. The molecule has 12 heteroatoms. The van der Waals surface area contributed by atoms with E-state index in [1.165, 1.54) is 37.1 Å². The molecular weight excluding hydrogens is 630 g/mol. The minimum absolute atomic E-state index is 0.0160. The molecule has 1 unspecified atom stereocenters. The number of nitrogens with zero attached hydrogens (tertiary/aromatic N) is 2. The van der Waals surface area contributed by atoms with Crippen molar-refractivity contribution >= 4 is 58.7 Å². The summed E-state index contributed by atoms with van der Waals surface area (Å²) in [6, 6.07) is 29.6. The number of ether oxygens (including phenoxy) is 2. The van der Waals surface area contributed by atoms with Crippen LogP contribution >= 0.6 is 11.8 Å². The maximum Gasteiger partial charge on any atom is 0.272 e. The normalized spacial score (nSPS) is 13.3. The number of hydrogen-bond donors (Lipinski definition) is 3. The molecule has 4 amide bonds. The van der Waals surface area contributed by atoms with Gasteiger partial charge in [0.2, 0.25) is 5.91 Å². The van der Waals surface area contributed by atoms with Crippen LogP contribution in [0.25, 0.3) is 6.08 Å².